The molecule has 2 heterocycles. The second kappa shape index (κ2) is 8.33. The first kappa shape index (κ1) is 21.4. The number of amides is 2. The number of carbonyl (C=O) groups excluding carboxylic acids is 1. The van der Waals surface area contributed by atoms with Gasteiger partial charge >= 0.3 is 12.2 Å². The second-order valence-electron chi connectivity index (χ2n) is 7.25. The number of carbonyl (C=O) groups is 1. The van der Waals surface area contributed by atoms with Crippen molar-refractivity contribution < 1.29 is 22.4 Å². The van der Waals surface area contributed by atoms with E-state index in [4.69, 9.17) is 0 Å². The number of hydrogen-bond acceptors (Lipinski definition) is 2. The second-order valence-corrected chi connectivity index (χ2v) is 7.25. The van der Waals surface area contributed by atoms with E-state index < -0.39 is 18.8 Å². The Morgan fingerprint density at radius 3 is 2.56 bits per heavy atom. The van der Waals surface area contributed by atoms with E-state index >= 15 is 0 Å². The van der Waals surface area contributed by atoms with Crippen molar-refractivity contribution in [1.82, 2.24) is 14.7 Å². The summed E-state index contributed by atoms with van der Waals surface area (Å²) in [5.41, 5.74) is 4.52. The molecule has 0 aliphatic rings. The van der Waals surface area contributed by atoms with Gasteiger partial charge in [-0.05, 0) is 53.9 Å². The van der Waals surface area contributed by atoms with Crippen LogP contribution in [-0.4, -0.2) is 28.1 Å². The first-order valence-electron chi connectivity index (χ1n) is 9.65. The number of anilines is 1. The molecule has 2 aromatic carbocycles. The van der Waals surface area contributed by atoms with Gasteiger partial charge in [-0.2, -0.15) is 13.2 Å². The van der Waals surface area contributed by atoms with Crippen LogP contribution in [0.4, 0.5) is 28.0 Å². The van der Waals surface area contributed by atoms with Gasteiger partial charge in [-0.25, -0.2) is 14.2 Å². The number of nitrogens with zero attached hydrogens (tertiary/aromatic N) is 2. The molecule has 0 aliphatic heterocycles. The molecule has 4 aromatic rings. The van der Waals surface area contributed by atoms with Crippen molar-refractivity contribution >= 4 is 17.4 Å². The molecule has 32 heavy (non-hydrogen) atoms. The summed E-state index contributed by atoms with van der Waals surface area (Å²) in [5.74, 6) is -0.282. The number of hydrogen-bond donors (Lipinski definition) is 2. The number of aryl methyl sites for hydroxylation is 1. The lowest BCUT2D eigenvalue weighted by Crippen LogP contribution is -2.36. The molecule has 0 saturated carbocycles. The van der Waals surface area contributed by atoms with Crippen LogP contribution < -0.4 is 10.6 Å². The smallest absolute Gasteiger partial charge is 0.329 e. The highest BCUT2D eigenvalue weighted by molar-refractivity contribution is 5.90. The molecule has 0 unspecified atom stereocenters. The van der Waals surface area contributed by atoms with Crippen LogP contribution in [0, 0.1) is 12.7 Å². The topological polar surface area (TPSA) is 58.4 Å². The normalized spacial score (nSPS) is 11.5. The number of alkyl halides is 3. The number of rotatable bonds is 4. The zero-order valence-electron chi connectivity index (χ0n) is 16.9. The number of urea groups is 1. The summed E-state index contributed by atoms with van der Waals surface area (Å²) in [6.45, 7) is 0.283. The van der Waals surface area contributed by atoms with Gasteiger partial charge in [-0.1, -0.05) is 24.3 Å². The number of nitrogens with one attached hydrogen (secondary N) is 2. The maximum absolute atomic E-state index is 13.9. The zero-order chi connectivity index (χ0) is 22.9. The van der Waals surface area contributed by atoms with E-state index in [1.165, 1.54) is 6.07 Å². The van der Waals surface area contributed by atoms with Crippen LogP contribution in [0.1, 0.15) is 5.56 Å². The van der Waals surface area contributed by atoms with Gasteiger partial charge in [-0.15, -0.1) is 0 Å². The number of pyridine rings is 1. The van der Waals surface area contributed by atoms with Crippen LogP contribution in [0.2, 0.25) is 0 Å². The van der Waals surface area contributed by atoms with Crippen molar-refractivity contribution in [2.75, 3.05) is 11.9 Å². The standard InChI is InChI=1S/C23H18F4N4O/c1-14-5-6-15(10-19(14)24)16-7-8-31-20(12-28-21(31)11-16)17-3-2-4-18(9-17)30-22(32)29-13-23(25,26)27/h2-12H,13H2,1H3,(H2,29,30,32). The van der Waals surface area contributed by atoms with Crippen molar-refractivity contribution in [3.8, 4) is 22.4 Å². The van der Waals surface area contributed by atoms with Crippen molar-refractivity contribution in [3.05, 3.63) is 78.4 Å². The zero-order valence-corrected chi connectivity index (χ0v) is 16.9. The van der Waals surface area contributed by atoms with Gasteiger partial charge in [0.05, 0.1) is 11.9 Å². The summed E-state index contributed by atoms with van der Waals surface area (Å²) in [4.78, 5) is 16.1. The lowest BCUT2D eigenvalue weighted by Gasteiger charge is -2.11. The SMILES string of the molecule is Cc1ccc(-c2ccn3c(-c4cccc(NC(=O)NCC(F)(F)F)c4)cnc3c2)cc1F. The molecule has 2 aromatic heterocycles. The van der Waals surface area contributed by atoms with E-state index in [1.54, 1.807) is 55.0 Å². The van der Waals surface area contributed by atoms with Gasteiger partial charge in [0.1, 0.15) is 18.0 Å². The molecular weight excluding hydrogens is 424 g/mol. The van der Waals surface area contributed by atoms with Crippen molar-refractivity contribution in [2.24, 2.45) is 0 Å². The third kappa shape index (κ3) is 4.72. The number of benzene rings is 2. The molecule has 0 fully saturated rings. The molecule has 0 spiro atoms. The Morgan fingerprint density at radius 2 is 1.81 bits per heavy atom. The number of fused-ring (bicyclic) bond motifs is 1. The lowest BCUT2D eigenvalue weighted by atomic mass is 10.0. The lowest BCUT2D eigenvalue weighted by molar-refractivity contribution is -0.122. The molecule has 9 heteroatoms. The Kier molecular flexibility index (Phi) is 5.56. The molecule has 0 radical (unpaired) electrons. The average molecular weight is 442 g/mol. The number of halogens is 4. The van der Waals surface area contributed by atoms with Crippen LogP contribution in [0.25, 0.3) is 28.0 Å². The molecule has 4 rings (SSSR count). The Morgan fingerprint density at radius 1 is 1.03 bits per heavy atom. The summed E-state index contributed by atoms with van der Waals surface area (Å²) in [6, 6.07) is 14.4. The van der Waals surface area contributed by atoms with Crippen LogP contribution >= 0.6 is 0 Å². The van der Waals surface area contributed by atoms with Crippen molar-refractivity contribution in [2.45, 2.75) is 13.1 Å². The molecule has 2 amide bonds. The summed E-state index contributed by atoms with van der Waals surface area (Å²) in [6.07, 6.45) is -1.03. The quantitative estimate of drug-likeness (QED) is 0.393. The maximum atomic E-state index is 13.9. The molecule has 164 valence electrons. The molecule has 2 N–H and O–H groups in total. The molecule has 0 saturated heterocycles. The van der Waals surface area contributed by atoms with Gasteiger partial charge in [0, 0.05) is 17.4 Å². The third-order valence-electron chi connectivity index (χ3n) is 4.88. The average Bonchev–Trinajstić information content (AvgIpc) is 3.17. The summed E-state index contributed by atoms with van der Waals surface area (Å²) in [7, 11) is 0. The Balaban J connectivity index is 1.58. The summed E-state index contributed by atoms with van der Waals surface area (Å²) >= 11 is 0. The molecular formula is C23H18F4N4O. The first-order chi connectivity index (χ1) is 15.2. The highest BCUT2D eigenvalue weighted by Crippen LogP contribution is 2.27. The highest BCUT2D eigenvalue weighted by Gasteiger charge is 2.27. The predicted molar refractivity (Wildman–Crippen MR) is 114 cm³/mol. The number of aromatic nitrogens is 2. The van der Waals surface area contributed by atoms with Crippen LogP contribution in [0.3, 0.4) is 0 Å². The van der Waals surface area contributed by atoms with Crippen molar-refractivity contribution in [1.29, 1.82) is 0 Å². The number of imidazole rings is 1. The molecule has 0 atom stereocenters. The first-order valence-corrected chi connectivity index (χ1v) is 9.65. The fraction of sp³-hybridized carbons (Fsp3) is 0.130. The van der Waals surface area contributed by atoms with Gasteiger partial charge in [0.2, 0.25) is 0 Å². The van der Waals surface area contributed by atoms with Crippen LogP contribution in [-0.2, 0) is 0 Å². The molecule has 5 nitrogen and oxygen atoms in total. The minimum Gasteiger partial charge on any atom is -0.329 e. The monoisotopic (exact) mass is 442 g/mol. The largest absolute Gasteiger partial charge is 0.405 e. The molecule has 0 bridgehead atoms. The van der Waals surface area contributed by atoms with E-state index in [-0.39, 0.29) is 5.82 Å². The van der Waals surface area contributed by atoms with Gasteiger partial charge in [0.25, 0.3) is 0 Å². The molecule has 0 aliphatic carbocycles. The van der Waals surface area contributed by atoms with Crippen LogP contribution in [0.5, 0.6) is 0 Å². The fourth-order valence-corrected chi connectivity index (χ4v) is 3.26. The Hall–Kier alpha value is -3.88. The fourth-order valence-electron chi connectivity index (χ4n) is 3.26. The van der Waals surface area contributed by atoms with Gasteiger partial charge in [-0.3, -0.25) is 4.40 Å². The van der Waals surface area contributed by atoms with E-state index in [2.05, 4.69) is 10.3 Å². The predicted octanol–water partition coefficient (Wildman–Crippen LogP) is 5.80. The Labute approximate surface area is 180 Å². The van der Waals surface area contributed by atoms with E-state index in [1.807, 2.05) is 22.6 Å². The van der Waals surface area contributed by atoms with E-state index in [0.717, 1.165) is 16.8 Å². The maximum Gasteiger partial charge on any atom is 0.405 e. The van der Waals surface area contributed by atoms with E-state index in [0.29, 0.717) is 22.5 Å². The highest BCUT2D eigenvalue weighted by atomic mass is 19.4. The van der Waals surface area contributed by atoms with Crippen molar-refractivity contribution in [3.63, 3.8) is 0 Å². The summed E-state index contributed by atoms with van der Waals surface area (Å²) in [5, 5.41) is 4.15. The van der Waals surface area contributed by atoms with E-state index in [9.17, 15) is 22.4 Å². The van der Waals surface area contributed by atoms with Crippen LogP contribution in [0.15, 0.2) is 67.0 Å². The minimum absolute atomic E-state index is 0.282. The third-order valence-corrected chi connectivity index (χ3v) is 4.88. The summed E-state index contributed by atoms with van der Waals surface area (Å²) < 4.78 is 52.5. The minimum atomic E-state index is -4.49. The Bertz CT molecular complexity index is 1300. The van der Waals surface area contributed by atoms with Gasteiger partial charge in [0.15, 0.2) is 0 Å². The van der Waals surface area contributed by atoms with Gasteiger partial charge < -0.3 is 10.6 Å².